The molecule has 3 rings (SSSR count). The third-order valence-corrected chi connectivity index (χ3v) is 2.69. The molecule has 1 aliphatic rings. The molecule has 0 atom stereocenters. The predicted octanol–water partition coefficient (Wildman–Crippen LogP) is 1.05. The minimum Gasteiger partial charge on any atom is -0.366 e. The van der Waals surface area contributed by atoms with E-state index in [1.807, 2.05) is 12.4 Å². The molecule has 1 N–H and O–H groups in total. The van der Waals surface area contributed by atoms with Gasteiger partial charge in [-0.1, -0.05) is 48.5 Å². The Labute approximate surface area is 87.7 Å². The van der Waals surface area contributed by atoms with E-state index < -0.39 is 0 Å². The van der Waals surface area contributed by atoms with Crippen molar-refractivity contribution in [3.8, 4) is 0 Å². The van der Waals surface area contributed by atoms with E-state index in [9.17, 15) is 0 Å². The van der Waals surface area contributed by atoms with Gasteiger partial charge in [0, 0.05) is 12.4 Å². The van der Waals surface area contributed by atoms with E-state index in [0.29, 0.717) is 0 Å². The first kappa shape index (κ1) is 8.30. The molecular formula is C14H11N. The van der Waals surface area contributed by atoms with Gasteiger partial charge in [0.2, 0.25) is 0 Å². The van der Waals surface area contributed by atoms with Gasteiger partial charge in [-0.15, -0.1) is 0 Å². The van der Waals surface area contributed by atoms with Crippen LogP contribution in [0.2, 0.25) is 0 Å². The lowest BCUT2D eigenvalue weighted by Crippen LogP contribution is -2.06. The lowest BCUT2D eigenvalue weighted by atomic mass is 10.1. The Morgan fingerprint density at radius 2 is 1.07 bits per heavy atom. The highest BCUT2D eigenvalue weighted by molar-refractivity contribution is 5.39. The molecule has 0 amide bonds. The minimum atomic E-state index is 1.23. The summed E-state index contributed by atoms with van der Waals surface area (Å²) in [4.78, 5) is 0. The SMILES string of the molecule is C1=c2ccccc2=c2ccccc2=CN1. The summed E-state index contributed by atoms with van der Waals surface area (Å²) in [5.41, 5.74) is 0. The van der Waals surface area contributed by atoms with Crippen molar-refractivity contribution in [2.75, 3.05) is 0 Å². The molecule has 1 heterocycles. The molecule has 0 unspecified atom stereocenters. The smallest absolute Gasteiger partial charge is 0.00840 e. The van der Waals surface area contributed by atoms with Crippen LogP contribution in [-0.2, 0) is 0 Å². The molecule has 0 spiro atoms. The second-order valence-corrected chi connectivity index (χ2v) is 3.63. The molecule has 2 aromatic rings. The second kappa shape index (κ2) is 3.28. The van der Waals surface area contributed by atoms with Crippen LogP contribution >= 0.6 is 0 Å². The summed E-state index contributed by atoms with van der Waals surface area (Å²) in [6.07, 6.45) is 4.07. The summed E-state index contributed by atoms with van der Waals surface area (Å²) in [7, 11) is 0. The van der Waals surface area contributed by atoms with Crippen molar-refractivity contribution in [2.45, 2.75) is 0 Å². The molecule has 0 aromatic heterocycles. The van der Waals surface area contributed by atoms with Crippen molar-refractivity contribution in [3.63, 3.8) is 0 Å². The van der Waals surface area contributed by atoms with Crippen molar-refractivity contribution in [3.05, 3.63) is 69.4 Å². The molecule has 0 saturated heterocycles. The zero-order valence-electron chi connectivity index (χ0n) is 8.27. The number of fused-ring (bicyclic) bond motifs is 2. The van der Waals surface area contributed by atoms with Crippen molar-refractivity contribution < 1.29 is 0 Å². The zero-order chi connectivity index (χ0) is 10.1. The van der Waals surface area contributed by atoms with Crippen molar-refractivity contribution in [1.29, 1.82) is 0 Å². The van der Waals surface area contributed by atoms with Crippen LogP contribution in [0.4, 0.5) is 0 Å². The molecule has 1 heteroatoms. The molecule has 15 heavy (non-hydrogen) atoms. The van der Waals surface area contributed by atoms with Gasteiger partial charge in [0.15, 0.2) is 0 Å². The summed E-state index contributed by atoms with van der Waals surface area (Å²) in [6.45, 7) is 0. The van der Waals surface area contributed by atoms with Gasteiger partial charge in [0.1, 0.15) is 0 Å². The second-order valence-electron chi connectivity index (χ2n) is 3.63. The van der Waals surface area contributed by atoms with Gasteiger partial charge in [-0.05, 0) is 20.9 Å². The Morgan fingerprint density at radius 3 is 1.60 bits per heavy atom. The number of rotatable bonds is 0. The first-order chi connectivity index (χ1) is 7.45. The normalized spacial score (nSPS) is 12.3. The molecule has 0 radical (unpaired) electrons. The standard InChI is InChI=1S/C14H11N/c1-3-7-13-11(5-1)9-15-10-12-6-2-4-8-14(12)13/h1-10,15H. The van der Waals surface area contributed by atoms with E-state index in [1.54, 1.807) is 0 Å². The van der Waals surface area contributed by atoms with E-state index in [-0.39, 0.29) is 0 Å². The summed E-state index contributed by atoms with van der Waals surface area (Å²) in [5, 5.41) is 8.25. The van der Waals surface area contributed by atoms with Crippen LogP contribution in [0.15, 0.2) is 48.5 Å². The van der Waals surface area contributed by atoms with Crippen LogP contribution in [0.3, 0.4) is 0 Å². The Balaban J connectivity index is 2.73. The maximum atomic E-state index is 3.21. The van der Waals surface area contributed by atoms with Crippen LogP contribution in [0, 0.1) is 10.4 Å². The molecule has 2 aromatic carbocycles. The molecule has 1 nitrogen and oxygen atoms in total. The molecule has 1 aliphatic heterocycles. The van der Waals surface area contributed by atoms with Crippen LogP contribution in [0.1, 0.15) is 0 Å². The summed E-state index contributed by atoms with van der Waals surface area (Å²) >= 11 is 0. The molecule has 0 bridgehead atoms. The highest BCUT2D eigenvalue weighted by atomic mass is 14.8. The first-order valence-corrected chi connectivity index (χ1v) is 5.06. The van der Waals surface area contributed by atoms with Gasteiger partial charge in [0.05, 0.1) is 0 Å². The topological polar surface area (TPSA) is 12.0 Å². The Bertz CT molecular complexity index is 637. The number of nitrogens with one attached hydrogen (secondary N) is 1. The molecular weight excluding hydrogens is 182 g/mol. The van der Waals surface area contributed by atoms with Crippen LogP contribution < -0.4 is 15.8 Å². The van der Waals surface area contributed by atoms with Crippen LogP contribution in [-0.4, -0.2) is 0 Å². The van der Waals surface area contributed by atoms with Crippen LogP contribution in [0.5, 0.6) is 0 Å². The Morgan fingerprint density at radius 1 is 0.600 bits per heavy atom. The molecule has 72 valence electrons. The maximum Gasteiger partial charge on any atom is 0.00840 e. The third-order valence-electron chi connectivity index (χ3n) is 2.69. The lowest BCUT2D eigenvalue weighted by molar-refractivity contribution is 1.36. The summed E-state index contributed by atoms with van der Waals surface area (Å²) in [5.74, 6) is 0. The van der Waals surface area contributed by atoms with E-state index in [0.717, 1.165) is 0 Å². The van der Waals surface area contributed by atoms with E-state index in [2.05, 4.69) is 53.8 Å². The average molecular weight is 193 g/mol. The van der Waals surface area contributed by atoms with Crippen LogP contribution in [0.25, 0.3) is 12.4 Å². The van der Waals surface area contributed by atoms with Gasteiger partial charge in [-0.3, -0.25) is 0 Å². The third kappa shape index (κ3) is 1.33. The monoisotopic (exact) mass is 193 g/mol. The Hall–Kier alpha value is -2.02. The predicted molar refractivity (Wildman–Crippen MR) is 61.9 cm³/mol. The fourth-order valence-corrected chi connectivity index (χ4v) is 1.96. The van der Waals surface area contributed by atoms with Gasteiger partial charge in [0.25, 0.3) is 0 Å². The van der Waals surface area contributed by atoms with E-state index in [4.69, 9.17) is 0 Å². The largest absolute Gasteiger partial charge is 0.366 e. The number of benzene rings is 2. The fourth-order valence-electron chi connectivity index (χ4n) is 1.96. The zero-order valence-corrected chi connectivity index (χ0v) is 8.27. The Kier molecular flexibility index (Phi) is 1.82. The maximum absolute atomic E-state index is 3.21. The molecule has 0 aliphatic carbocycles. The minimum absolute atomic E-state index is 1.23. The van der Waals surface area contributed by atoms with E-state index in [1.165, 1.54) is 20.9 Å². The highest BCUT2D eigenvalue weighted by Gasteiger charge is 1.91. The van der Waals surface area contributed by atoms with Gasteiger partial charge in [-0.25, -0.2) is 0 Å². The highest BCUT2D eigenvalue weighted by Crippen LogP contribution is 1.90. The number of hydrogen-bond acceptors (Lipinski definition) is 1. The average Bonchev–Trinajstić information content (AvgIpc) is 2.48. The van der Waals surface area contributed by atoms with Gasteiger partial charge >= 0.3 is 0 Å². The summed E-state index contributed by atoms with van der Waals surface area (Å²) in [6, 6.07) is 16.8. The number of hydrogen-bond donors (Lipinski definition) is 1. The van der Waals surface area contributed by atoms with Crippen molar-refractivity contribution >= 4 is 12.4 Å². The van der Waals surface area contributed by atoms with Crippen molar-refractivity contribution in [2.24, 2.45) is 0 Å². The lowest BCUT2D eigenvalue weighted by Gasteiger charge is -1.89. The fraction of sp³-hybridized carbons (Fsp3) is 0. The first-order valence-electron chi connectivity index (χ1n) is 5.06. The summed E-state index contributed by atoms with van der Waals surface area (Å²) < 4.78 is 0. The molecule has 0 saturated carbocycles. The van der Waals surface area contributed by atoms with Gasteiger partial charge < -0.3 is 5.32 Å². The van der Waals surface area contributed by atoms with Crippen molar-refractivity contribution in [1.82, 2.24) is 5.32 Å². The van der Waals surface area contributed by atoms with Gasteiger partial charge in [-0.2, -0.15) is 0 Å². The van der Waals surface area contributed by atoms with E-state index >= 15 is 0 Å². The molecule has 0 fully saturated rings. The quantitative estimate of drug-likeness (QED) is 0.659.